The lowest BCUT2D eigenvalue weighted by atomic mass is 10.1. The first-order valence-electron chi connectivity index (χ1n) is 4.29. The summed E-state index contributed by atoms with van der Waals surface area (Å²) in [6.45, 7) is 1.89. The van der Waals surface area contributed by atoms with E-state index in [1.165, 1.54) is 6.26 Å². The van der Waals surface area contributed by atoms with Crippen molar-refractivity contribution in [2.24, 2.45) is 0 Å². The third kappa shape index (κ3) is 2.56. The van der Waals surface area contributed by atoms with Crippen LogP contribution in [0.15, 0.2) is 30.3 Å². The van der Waals surface area contributed by atoms with Crippen LogP contribution in [0.25, 0.3) is 0 Å². The van der Waals surface area contributed by atoms with Crippen molar-refractivity contribution in [2.45, 2.75) is 18.6 Å². The molecular weight excluding hydrogens is 184 g/mol. The van der Waals surface area contributed by atoms with Crippen LogP contribution in [-0.2, 0) is 9.84 Å². The van der Waals surface area contributed by atoms with Crippen molar-refractivity contribution in [3.05, 3.63) is 35.9 Å². The Bertz CT molecular complexity index is 354. The summed E-state index contributed by atoms with van der Waals surface area (Å²) in [6.07, 6.45) is 1.91. The molecule has 0 saturated carbocycles. The molecule has 0 fully saturated rings. The van der Waals surface area contributed by atoms with Gasteiger partial charge in [-0.3, -0.25) is 0 Å². The first kappa shape index (κ1) is 10.3. The maximum Gasteiger partial charge on any atom is 0.154 e. The zero-order valence-electron chi connectivity index (χ0n) is 7.90. The predicted octanol–water partition coefficient (Wildman–Crippen LogP) is 2.18. The van der Waals surface area contributed by atoms with E-state index in [2.05, 4.69) is 0 Å². The molecule has 0 spiro atoms. The highest BCUT2D eigenvalue weighted by Gasteiger charge is 2.19. The Kier molecular flexibility index (Phi) is 3.09. The zero-order chi connectivity index (χ0) is 9.90. The zero-order valence-corrected chi connectivity index (χ0v) is 8.71. The van der Waals surface area contributed by atoms with Crippen molar-refractivity contribution in [1.82, 2.24) is 0 Å². The van der Waals surface area contributed by atoms with Crippen LogP contribution in [0.1, 0.15) is 24.2 Å². The topological polar surface area (TPSA) is 34.1 Å². The molecule has 0 aromatic heterocycles. The molecule has 0 aliphatic carbocycles. The van der Waals surface area contributed by atoms with Gasteiger partial charge >= 0.3 is 0 Å². The average molecular weight is 198 g/mol. The van der Waals surface area contributed by atoms with Crippen LogP contribution < -0.4 is 0 Å². The van der Waals surface area contributed by atoms with Gasteiger partial charge in [0.2, 0.25) is 0 Å². The minimum absolute atomic E-state index is 0.353. The molecule has 1 rings (SSSR count). The smallest absolute Gasteiger partial charge is 0.154 e. The van der Waals surface area contributed by atoms with Crippen LogP contribution in [0.4, 0.5) is 0 Å². The van der Waals surface area contributed by atoms with Gasteiger partial charge < -0.3 is 0 Å². The summed E-state index contributed by atoms with van der Waals surface area (Å²) in [6, 6.07) is 9.33. The minimum atomic E-state index is -2.97. The Morgan fingerprint density at radius 3 is 2.15 bits per heavy atom. The second-order valence-corrected chi connectivity index (χ2v) is 5.37. The third-order valence-corrected chi connectivity index (χ3v) is 3.70. The van der Waals surface area contributed by atoms with E-state index in [9.17, 15) is 8.42 Å². The fourth-order valence-electron chi connectivity index (χ4n) is 1.45. The minimum Gasteiger partial charge on any atom is -0.228 e. The number of hydrogen-bond acceptors (Lipinski definition) is 2. The van der Waals surface area contributed by atoms with Gasteiger partial charge in [-0.15, -0.1) is 0 Å². The molecule has 1 aromatic carbocycles. The van der Waals surface area contributed by atoms with E-state index < -0.39 is 9.84 Å². The van der Waals surface area contributed by atoms with Crippen LogP contribution in [0.2, 0.25) is 0 Å². The van der Waals surface area contributed by atoms with E-state index >= 15 is 0 Å². The SMILES string of the molecule is CCC(c1ccccc1)S(C)(=O)=O. The van der Waals surface area contributed by atoms with E-state index in [0.717, 1.165) is 5.56 Å². The molecule has 0 heterocycles. The summed E-state index contributed by atoms with van der Waals surface area (Å²) in [4.78, 5) is 0. The van der Waals surface area contributed by atoms with Crippen molar-refractivity contribution < 1.29 is 8.42 Å². The first-order valence-corrected chi connectivity index (χ1v) is 6.25. The van der Waals surface area contributed by atoms with Gasteiger partial charge in [0, 0.05) is 6.26 Å². The number of sulfone groups is 1. The van der Waals surface area contributed by atoms with E-state index in [1.807, 2.05) is 37.3 Å². The van der Waals surface area contributed by atoms with Crippen LogP contribution in [-0.4, -0.2) is 14.7 Å². The summed E-state index contributed by atoms with van der Waals surface area (Å²) in [5.74, 6) is 0. The molecule has 1 unspecified atom stereocenters. The highest BCUT2D eigenvalue weighted by Crippen LogP contribution is 2.24. The Labute approximate surface area is 79.5 Å². The number of hydrogen-bond donors (Lipinski definition) is 0. The molecule has 2 nitrogen and oxygen atoms in total. The number of benzene rings is 1. The summed E-state index contributed by atoms with van der Waals surface area (Å²) in [5, 5.41) is -0.353. The van der Waals surface area contributed by atoms with Gasteiger partial charge in [-0.2, -0.15) is 0 Å². The molecule has 0 saturated heterocycles. The fourth-order valence-corrected chi connectivity index (χ4v) is 2.71. The van der Waals surface area contributed by atoms with Gasteiger partial charge in [0.1, 0.15) is 0 Å². The van der Waals surface area contributed by atoms with Crippen molar-refractivity contribution >= 4 is 9.84 Å². The molecule has 13 heavy (non-hydrogen) atoms. The highest BCUT2D eigenvalue weighted by atomic mass is 32.2. The van der Waals surface area contributed by atoms with Gasteiger partial charge in [-0.1, -0.05) is 37.3 Å². The molecular formula is C10H14O2S. The van der Waals surface area contributed by atoms with Crippen LogP contribution >= 0.6 is 0 Å². The molecule has 0 radical (unpaired) electrons. The first-order chi connectivity index (χ1) is 6.05. The number of rotatable bonds is 3. The van der Waals surface area contributed by atoms with Gasteiger partial charge in [-0.25, -0.2) is 8.42 Å². The molecule has 3 heteroatoms. The Hall–Kier alpha value is -0.830. The normalized spacial score (nSPS) is 14.0. The van der Waals surface area contributed by atoms with Gasteiger partial charge in [0.25, 0.3) is 0 Å². The monoisotopic (exact) mass is 198 g/mol. The maximum atomic E-state index is 11.4. The van der Waals surface area contributed by atoms with Crippen LogP contribution in [0, 0.1) is 0 Å². The van der Waals surface area contributed by atoms with Crippen molar-refractivity contribution in [1.29, 1.82) is 0 Å². The molecule has 0 bridgehead atoms. The largest absolute Gasteiger partial charge is 0.228 e. The Balaban J connectivity index is 3.06. The Morgan fingerprint density at radius 1 is 1.23 bits per heavy atom. The van der Waals surface area contributed by atoms with Gasteiger partial charge in [0.15, 0.2) is 9.84 Å². The van der Waals surface area contributed by atoms with Crippen LogP contribution in [0.3, 0.4) is 0 Å². The third-order valence-electron chi connectivity index (χ3n) is 2.06. The predicted molar refractivity (Wildman–Crippen MR) is 54.3 cm³/mol. The lowest BCUT2D eigenvalue weighted by molar-refractivity contribution is 0.585. The summed E-state index contributed by atoms with van der Waals surface area (Å²) < 4.78 is 22.7. The van der Waals surface area contributed by atoms with Crippen molar-refractivity contribution in [2.75, 3.05) is 6.26 Å². The molecule has 1 aromatic rings. The van der Waals surface area contributed by atoms with Gasteiger partial charge in [-0.05, 0) is 12.0 Å². The standard InChI is InChI=1S/C10H14O2S/c1-3-10(13(2,11)12)9-7-5-4-6-8-9/h4-8,10H,3H2,1-2H3. The quantitative estimate of drug-likeness (QED) is 0.746. The Morgan fingerprint density at radius 2 is 1.77 bits per heavy atom. The molecule has 1 atom stereocenters. The molecule has 72 valence electrons. The van der Waals surface area contributed by atoms with Crippen molar-refractivity contribution in [3.63, 3.8) is 0 Å². The molecule has 0 aliphatic heterocycles. The van der Waals surface area contributed by atoms with E-state index in [1.54, 1.807) is 0 Å². The fraction of sp³-hybridized carbons (Fsp3) is 0.400. The second-order valence-electron chi connectivity index (χ2n) is 3.14. The molecule has 0 amide bonds. The molecule has 0 aliphatic rings. The lowest BCUT2D eigenvalue weighted by Gasteiger charge is -2.12. The molecule has 0 N–H and O–H groups in total. The highest BCUT2D eigenvalue weighted by molar-refractivity contribution is 7.90. The summed E-state index contributed by atoms with van der Waals surface area (Å²) >= 11 is 0. The van der Waals surface area contributed by atoms with Crippen LogP contribution in [0.5, 0.6) is 0 Å². The lowest BCUT2D eigenvalue weighted by Crippen LogP contribution is -2.10. The average Bonchev–Trinajstić information content (AvgIpc) is 2.05. The van der Waals surface area contributed by atoms with E-state index in [0.29, 0.717) is 6.42 Å². The van der Waals surface area contributed by atoms with E-state index in [-0.39, 0.29) is 5.25 Å². The van der Waals surface area contributed by atoms with Gasteiger partial charge in [0.05, 0.1) is 5.25 Å². The van der Waals surface area contributed by atoms with E-state index in [4.69, 9.17) is 0 Å². The summed E-state index contributed by atoms with van der Waals surface area (Å²) in [5.41, 5.74) is 0.882. The maximum absolute atomic E-state index is 11.4. The second kappa shape index (κ2) is 3.92. The van der Waals surface area contributed by atoms with Crippen molar-refractivity contribution in [3.8, 4) is 0 Å². The summed E-state index contributed by atoms with van der Waals surface area (Å²) in [7, 11) is -2.97.